The maximum absolute atomic E-state index is 11.9. The van der Waals surface area contributed by atoms with Crippen molar-refractivity contribution >= 4 is 45.1 Å². The third-order valence-corrected chi connectivity index (χ3v) is 12.1. The third-order valence-electron chi connectivity index (χ3n) is 9.80. The number of imidazole rings is 1. The number of aromatic nitrogens is 14. The summed E-state index contributed by atoms with van der Waals surface area (Å²) in [6.45, 7) is 31.3. The van der Waals surface area contributed by atoms with Crippen molar-refractivity contribution in [3.8, 4) is 6.07 Å². The first-order valence-corrected chi connectivity index (χ1v) is 29.7. The fourth-order valence-electron chi connectivity index (χ4n) is 6.27. The summed E-state index contributed by atoms with van der Waals surface area (Å²) in [4.78, 5) is 71.1. The van der Waals surface area contributed by atoms with Crippen LogP contribution < -0.4 is 0 Å². The summed E-state index contributed by atoms with van der Waals surface area (Å²) in [6.07, 6.45) is -0.314. The third kappa shape index (κ3) is 31.2. The van der Waals surface area contributed by atoms with Gasteiger partial charge in [-0.2, -0.15) is 31.6 Å². The molecule has 0 aromatic carbocycles. The van der Waals surface area contributed by atoms with Crippen molar-refractivity contribution in [3.63, 3.8) is 0 Å². The minimum Gasteiger partial charge on any atom is -0.340 e. The molecule has 0 saturated carbocycles. The van der Waals surface area contributed by atoms with E-state index in [4.69, 9.17) is 5.26 Å². The Morgan fingerprint density at radius 3 is 1.30 bits per heavy atom. The van der Waals surface area contributed by atoms with E-state index in [2.05, 4.69) is 99.4 Å². The molecule has 0 bridgehead atoms. The number of hydrogen-bond donors (Lipinski definition) is 0. The van der Waals surface area contributed by atoms with E-state index in [9.17, 15) is 49.7 Å². The molecule has 31 heteroatoms. The van der Waals surface area contributed by atoms with E-state index in [1.54, 1.807) is 43.4 Å². The summed E-state index contributed by atoms with van der Waals surface area (Å²) in [5.74, 6) is 0.647. The van der Waals surface area contributed by atoms with Crippen LogP contribution in [-0.2, 0) is 39.4 Å². The summed E-state index contributed by atoms with van der Waals surface area (Å²) in [6, 6.07) is 12.3. The Morgan fingerprint density at radius 2 is 1.02 bits per heavy atom. The van der Waals surface area contributed by atoms with Crippen LogP contribution in [0.3, 0.4) is 0 Å². The first-order valence-electron chi connectivity index (χ1n) is 25.7. The number of amidine groups is 1. The summed E-state index contributed by atoms with van der Waals surface area (Å²) < 4.78 is 95.1. The molecule has 87 heavy (non-hydrogen) atoms. The molecule has 0 radical (unpaired) electrons. The van der Waals surface area contributed by atoms with Crippen LogP contribution in [-0.4, -0.2) is 124 Å². The van der Waals surface area contributed by atoms with Gasteiger partial charge in [-0.05, 0) is 119 Å². The van der Waals surface area contributed by atoms with Crippen LogP contribution in [0.5, 0.6) is 0 Å². The van der Waals surface area contributed by atoms with E-state index in [-0.39, 0.29) is 28.1 Å². The Balaban J connectivity index is 0.000000498. The molecule has 0 spiro atoms. The Morgan fingerprint density at radius 1 is 0.621 bits per heavy atom. The molecule has 22 nitrogen and oxygen atoms in total. The van der Waals surface area contributed by atoms with Crippen LogP contribution in [0.15, 0.2) is 82.9 Å². The number of rotatable bonds is 4. The van der Waals surface area contributed by atoms with Crippen molar-refractivity contribution in [2.75, 3.05) is 19.6 Å². The molecule has 1 aliphatic heterocycles. The number of halogens is 6. The number of thioether (sulfide) groups is 2. The van der Waals surface area contributed by atoms with E-state index in [0.717, 1.165) is 104 Å². The zero-order valence-electron chi connectivity index (χ0n) is 52.1. The van der Waals surface area contributed by atoms with Gasteiger partial charge in [0, 0.05) is 92.8 Å². The highest BCUT2D eigenvalue weighted by Crippen LogP contribution is 2.28. The Labute approximate surface area is 511 Å². The van der Waals surface area contributed by atoms with Crippen molar-refractivity contribution in [2.45, 2.75) is 149 Å². The lowest BCUT2D eigenvalue weighted by Crippen LogP contribution is -2.21. The lowest BCUT2D eigenvalue weighted by atomic mass is 9.95. The largest absolute Gasteiger partial charge is 0.504 e. The van der Waals surface area contributed by atoms with Gasteiger partial charge in [-0.25, -0.2) is 78.0 Å². The average Bonchev–Trinajstić information content (AvgIpc) is 4.16. The molecule has 0 fully saturated rings. The molecule has 8 rings (SSSR count). The number of carbonyl (C=O) groups is 1. The maximum atomic E-state index is 11.9. The summed E-state index contributed by atoms with van der Waals surface area (Å²) >= 11 is 3.28. The highest BCUT2D eigenvalue weighted by Gasteiger charge is 2.34. The molecule has 1 amide bonds. The Hall–Kier alpha value is -8.11. The number of likely N-dealkylation sites (N-methyl/N-ethyl adjacent to an activating group) is 1. The van der Waals surface area contributed by atoms with Gasteiger partial charge in [-0.3, -0.25) is 10.1 Å². The van der Waals surface area contributed by atoms with Crippen LogP contribution in [0.4, 0.5) is 26.3 Å². The number of alkyl halides is 6. The number of nitriles is 1. The standard InChI is InChI=1S/C10H16N2.C9H14N2S.C7H7N3.C7H10N2O2S.C7H10N2S.C6H5F3N2.C5H5F3N2.C5H5N2O3/c1-7-6-8(2)12-9(11-7)10(3,4)5;1-6(2)12-9-10-7(3)5-8(4)11-9;1-5-3-6(2)10-7(4-8)9-5;1-5-4-6(2)9-7(8-5)12(3,10)11;1-5-4-6(2)9-7(8-5)10-3;1-4-2-5(6(7,8)9)11-3-10-4;1-10-2-4(9-3-10)5(6,7)8;1-6-4(7(9)10)2-3-5(6)8/h6H,1-5H3;5-6H,1-4H3;3H,1-2H3;4H,1-3H3;4H,1-3H3;2-3H,1H3;2*2-3H,1H3/q;;;;;;;+1. The van der Waals surface area contributed by atoms with Gasteiger partial charge in [0.25, 0.3) is 0 Å². The lowest BCUT2D eigenvalue weighted by molar-refractivity contribution is -0.485. The first kappa shape index (κ1) is 76.9. The number of nitro groups is 1. The Bertz CT molecular complexity index is 3560. The second-order valence-electron chi connectivity index (χ2n) is 20.1. The van der Waals surface area contributed by atoms with E-state index < -0.39 is 38.5 Å². The normalized spacial score (nSPS) is 11.6. The molecule has 470 valence electrons. The quantitative estimate of drug-likeness (QED) is 0.0395. The molecule has 1 aliphatic rings. The first-order chi connectivity index (χ1) is 39.9. The SMILES string of the molecule is CSc1nc(C)cc(C)n1.C[N+]1=C([N+](=O)[O-])C=CC1=O.Cc1cc(C(F)(F)F)ncn1.Cc1cc(C)nc(C#N)n1.Cc1cc(C)nc(C(C)(C)C)n1.Cc1cc(C)nc(S(C)(=O)=O)n1.Cc1cc(C)nc(SC(C)C)n1.Cn1cnc(C(F)(F)F)c1. The number of amides is 1. The zero-order chi connectivity index (χ0) is 66.9. The van der Waals surface area contributed by atoms with Gasteiger partial charge in [-0.15, -0.1) is 0 Å². The molecule has 0 saturated heterocycles. The molecule has 7 aromatic heterocycles. The van der Waals surface area contributed by atoms with Gasteiger partial charge in [0.15, 0.2) is 16.0 Å². The van der Waals surface area contributed by atoms with Crippen molar-refractivity contribution in [2.24, 2.45) is 7.05 Å². The number of carbonyl (C=O) groups excluding carboxylic acids is 1. The maximum Gasteiger partial charge on any atom is 0.504 e. The number of hydrogen-bond acceptors (Lipinski definition) is 21. The minimum atomic E-state index is -4.37. The highest BCUT2D eigenvalue weighted by atomic mass is 32.2. The number of sulfone groups is 1. The second kappa shape index (κ2) is 34.9. The number of nitrogens with zero attached hydrogens (tertiary/aromatic N) is 17. The summed E-state index contributed by atoms with van der Waals surface area (Å²) in [5, 5.41) is 20.7. The number of aryl methyl sites for hydroxylation is 12. The van der Waals surface area contributed by atoms with Crippen LogP contribution >= 0.6 is 23.5 Å². The van der Waals surface area contributed by atoms with E-state index in [1.807, 2.05) is 92.0 Å². The fourth-order valence-corrected chi connectivity index (χ4v) is 8.18. The van der Waals surface area contributed by atoms with Crippen molar-refractivity contribution in [3.05, 3.63) is 163 Å². The molecular formula is C56H72F6N17O5S3+. The average molecular weight is 1270 g/mol. The molecule has 0 unspecified atom stereocenters. The monoisotopic (exact) mass is 1270 g/mol. The predicted octanol–water partition coefficient (Wildman–Crippen LogP) is 10.9. The van der Waals surface area contributed by atoms with Crippen molar-refractivity contribution in [1.82, 2.24) is 69.4 Å². The smallest absolute Gasteiger partial charge is 0.340 e. The van der Waals surface area contributed by atoms with E-state index >= 15 is 0 Å². The molecule has 8 heterocycles. The van der Waals surface area contributed by atoms with Gasteiger partial charge in [-0.1, -0.05) is 62.7 Å². The van der Waals surface area contributed by atoms with E-state index in [1.165, 1.54) is 31.7 Å². The van der Waals surface area contributed by atoms with Gasteiger partial charge in [0.05, 0.1) is 18.5 Å². The summed E-state index contributed by atoms with van der Waals surface area (Å²) in [7, 11) is -0.420. The van der Waals surface area contributed by atoms with Crippen LogP contribution in [0.2, 0.25) is 0 Å². The topological polar surface area (TPSA) is 294 Å². The molecule has 0 atom stereocenters. The van der Waals surface area contributed by atoms with E-state index in [0.29, 0.717) is 22.3 Å². The zero-order valence-corrected chi connectivity index (χ0v) is 54.5. The molecule has 0 N–H and O–H groups in total. The molecule has 0 aliphatic carbocycles. The van der Waals surface area contributed by atoms with Gasteiger partial charge in [0.2, 0.25) is 20.8 Å². The highest BCUT2D eigenvalue weighted by molar-refractivity contribution is 7.99. The van der Waals surface area contributed by atoms with Crippen molar-refractivity contribution < 1.29 is 49.1 Å². The van der Waals surface area contributed by atoms with Crippen LogP contribution in [0.25, 0.3) is 0 Å². The van der Waals surface area contributed by atoms with Crippen LogP contribution in [0, 0.1) is 97.6 Å². The minimum absolute atomic E-state index is 0.0524. The van der Waals surface area contributed by atoms with Crippen LogP contribution in [0.1, 0.15) is 120 Å². The van der Waals surface area contributed by atoms with Gasteiger partial charge in [0.1, 0.15) is 35.9 Å². The fraction of sp³-hybridized carbons (Fsp3) is 0.429. The lowest BCUT2D eigenvalue weighted by Gasteiger charge is -2.17. The Kier molecular flexibility index (Phi) is 30.8. The summed E-state index contributed by atoms with van der Waals surface area (Å²) in [5.41, 5.74) is 7.90. The molecule has 7 aromatic rings. The predicted molar refractivity (Wildman–Crippen MR) is 319 cm³/mol. The van der Waals surface area contributed by atoms with Gasteiger partial charge >= 0.3 is 24.1 Å². The second-order valence-corrected chi connectivity index (χ2v) is 24.3. The van der Waals surface area contributed by atoms with Crippen molar-refractivity contribution in [1.29, 1.82) is 5.26 Å². The van der Waals surface area contributed by atoms with Gasteiger partial charge < -0.3 is 4.57 Å². The molecular weight excluding hydrogens is 1200 g/mol.